The van der Waals surface area contributed by atoms with Crippen molar-refractivity contribution in [3.8, 4) is 11.5 Å². The van der Waals surface area contributed by atoms with E-state index in [9.17, 15) is 9.59 Å². The van der Waals surface area contributed by atoms with Gasteiger partial charge < -0.3 is 19.7 Å². The standard InChI is InChI=1S/C32H37ClN2O4/c1-22-16-28(17-23(2)31(22)33)39-21-30(36)35(20-25-12-9-15-27(18-25)38-3)29(19-24-10-5-4-6-11-24)32(37)34-26-13-7-8-14-26/h4-6,9-12,15-18,26,29H,7-8,13-14,19-21H2,1-3H3,(H,34,37). The van der Waals surface area contributed by atoms with Gasteiger partial charge in [-0.15, -0.1) is 0 Å². The molecule has 0 saturated heterocycles. The number of rotatable bonds is 11. The van der Waals surface area contributed by atoms with Gasteiger partial charge in [-0.25, -0.2) is 0 Å². The van der Waals surface area contributed by atoms with E-state index in [1.54, 1.807) is 12.0 Å². The minimum atomic E-state index is -0.705. The number of hydrogen-bond acceptors (Lipinski definition) is 4. The van der Waals surface area contributed by atoms with E-state index >= 15 is 0 Å². The highest BCUT2D eigenvalue weighted by molar-refractivity contribution is 6.32. The average Bonchev–Trinajstić information content (AvgIpc) is 3.45. The maximum Gasteiger partial charge on any atom is 0.261 e. The molecule has 0 radical (unpaired) electrons. The molecule has 1 fully saturated rings. The molecule has 0 bridgehead atoms. The minimum absolute atomic E-state index is 0.139. The first-order valence-electron chi connectivity index (χ1n) is 13.5. The van der Waals surface area contributed by atoms with E-state index in [1.807, 2.05) is 80.6 Å². The van der Waals surface area contributed by atoms with Gasteiger partial charge in [-0.2, -0.15) is 0 Å². The van der Waals surface area contributed by atoms with Crippen LogP contribution in [0, 0.1) is 13.8 Å². The van der Waals surface area contributed by atoms with Crippen molar-refractivity contribution in [2.45, 2.75) is 64.6 Å². The number of hydrogen-bond donors (Lipinski definition) is 1. The SMILES string of the molecule is COc1cccc(CN(C(=O)COc2cc(C)c(Cl)c(C)c2)C(Cc2ccccc2)C(=O)NC2CCCC2)c1. The first-order chi connectivity index (χ1) is 18.8. The highest BCUT2D eigenvalue weighted by Crippen LogP contribution is 2.26. The second-order valence-electron chi connectivity index (χ2n) is 10.2. The van der Waals surface area contributed by atoms with Gasteiger partial charge in [0.15, 0.2) is 6.61 Å². The van der Waals surface area contributed by atoms with Crippen LogP contribution in [0.1, 0.15) is 47.9 Å². The van der Waals surface area contributed by atoms with E-state index in [1.165, 1.54) is 0 Å². The van der Waals surface area contributed by atoms with Crippen molar-refractivity contribution < 1.29 is 19.1 Å². The lowest BCUT2D eigenvalue weighted by Crippen LogP contribution is -2.53. The van der Waals surface area contributed by atoms with Gasteiger partial charge in [0.2, 0.25) is 5.91 Å². The second-order valence-corrected chi connectivity index (χ2v) is 10.6. The van der Waals surface area contributed by atoms with Crippen LogP contribution in [-0.2, 0) is 22.6 Å². The van der Waals surface area contributed by atoms with Crippen molar-refractivity contribution >= 4 is 23.4 Å². The molecule has 6 nitrogen and oxygen atoms in total. The van der Waals surface area contributed by atoms with Crippen molar-refractivity contribution in [3.63, 3.8) is 0 Å². The number of nitrogens with zero attached hydrogens (tertiary/aromatic N) is 1. The highest BCUT2D eigenvalue weighted by atomic mass is 35.5. The van der Waals surface area contributed by atoms with Crippen molar-refractivity contribution in [2.75, 3.05) is 13.7 Å². The lowest BCUT2D eigenvalue weighted by atomic mass is 10.0. The maximum atomic E-state index is 13.8. The molecule has 206 valence electrons. The molecule has 7 heteroatoms. The lowest BCUT2D eigenvalue weighted by molar-refractivity contribution is -0.143. The fourth-order valence-corrected chi connectivity index (χ4v) is 5.22. The first-order valence-corrected chi connectivity index (χ1v) is 13.9. The second kappa shape index (κ2) is 13.5. The van der Waals surface area contributed by atoms with E-state index in [-0.39, 0.29) is 31.0 Å². The maximum absolute atomic E-state index is 13.8. The van der Waals surface area contributed by atoms with E-state index in [0.29, 0.717) is 22.9 Å². The Morgan fingerprint density at radius 3 is 2.28 bits per heavy atom. The Morgan fingerprint density at radius 1 is 0.949 bits per heavy atom. The summed E-state index contributed by atoms with van der Waals surface area (Å²) in [4.78, 5) is 29.3. The number of ether oxygens (including phenoxy) is 2. The van der Waals surface area contributed by atoms with Gasteiger partial charge in [0.05, 0.1) is 7.11 Å². The summed E-state index contributed by atoms with van der Waals surface area (Å²) in [6.07, 6.45) is 4.54. The smallest absolute Gasteiger partial charge is 0.261 e. The van der Waals surface area contributed by atoms with Gasteiger partial charge in [-0.05, 0) is 73.2 Å². The van der Waals surface area contributed by atoms with E-state index in [4.69, 9.17) is 21.1 Å². The van der Waals surface area contributed by atoms with Gasteiger partial charge in [0, 0.05) is 24.0 Å². The molecular formula is C32H37ClN2O4. The molecule has 1 saturated carbocycles. The largest absolute Gasteiger partial charge is 0.497 e. The Balaban J connectivity index is 1.63. The normalized spacial score (nSPS) is 14.1. The van der Waals surface area contributed by atoms with Crippen LogP contribution >= 0.6 is 11.6 Å². The fourth-order valence-electron chi connectivity index (χ4n) is 5.11. The van der Waals surface area contributed by atoms with Crippen LogP contribution in [0.25, 0.3) is 0 Å². The van der Waals surface area contributed by atoms with Crippen molar-refractivity contribution in [2.24, 2.45) is 0 Å². The summed E-state index contributed by atoms with van der Waals surface area (Å²) >= 11 is 6.32. The monoisotopic (exact) mass is 548 g/mol. The Kier molecular flexibility index (Phi) is 9.88. The molecule has 1 N–H and O–H groups in total. The number of methoxy groups -OCH3 is 1. The Hall–Kier alpha value is -3.51. The molecule has 1 aliphatic rings. The van der Waals surface area contributed by atoms with Crippen LogP contribution in [0.3, 0.4) is 0 Å². The third kappa shape index (κ3) is 7.76. The molecule has 3 aromatic carbocycles. The molecule has 1 unspecified atom stereocenters. The minimum Gasteiger partial charge on any atom is -0.497 e. The van der Waals surface area contributed by atoms with Crippen LogP contribution in [0.2, 0.25) is 5.02 Å². The van der Waals surface area contributed by atoms with Crippen LogP contribution in [0.4, 0.5) is 0 Å². The molecule has 39 heavy (non-hydrogen) atoms. The van der Waals surface area contributed by atoms with Crippen LogP contribution < -0.4 is 14.8 Å². The topological polar surface area (TPSA) is 67.9 Å². The molecule has 1 aliphatic carbocycles. The Labute approximate surface area is 236 Å². The summed E-state index contributed by atoms with van der Waals surface area (Å²) in [5, 5.41) is 3.91. The summed E-state index contributed by atoms with van der Waals surface area (Å²) in [5.74, 6) is 0.850. The van der Waals surface area contributed by atoms with Crippen molar-refractivity contribution in [1.29, 1.82) is 0 Å². The zero-order valence-corrected chi connectivity index (χ0v) is 23.7. The van der Waals surface area contributed by atoms with Gasteiger partial charge >= 0.3 is 0 Å². The number of carbonyl (C=O) groups excluding carboxylic acids is 2. The summed E-state index contributed by atoms with van der Waals surface area (Å²) in [6, 6.07) is 20.5. The number of aryl methyl sites for hydroxylation is 2. The van der Waals surface area contributed by atoms with E-state index < -0.39 is 6.04 Å². The zero-order valence-electron chi connectivity index (χ0n) is 22.9. The quantitative estimate of drug-likeness (QED) is 0.317. The van der Waals surface area contributed by atoms with Crippen LogP contribution in [-0.4, -0.2) is 42.5 Å². The molecule has 0 aliphatic heterocycles. The van der Waals surface area contributed by atoms with E-state index in [0.717, 1.165) is 47.9 Å². The Morgan fingerprint density at radius 2 is 1.62 bits per heavy atom. The van der Waals surface area contributed by atoms with Crippen LogP contribution in [0.15, 0.2) is 66.7 Å². The van der Waals surface area contributed by atoms with Crippen molar-refractivity contribution in [3.05, 3.63) is 94.0 Å². The molecule has 1 atom stereocenters. The summed E-state index contributed by atoms with van der Waals surface area (Å²) < 4.78 is 11.4. The molecule has 4 rings (SSSR count). The Bertz CT molecular complexity index is 1250. The summed E-state index contributed by atoms with van der Waals surface area (Å²) in [6.45, 7) is 3.85. The highest BCUT2D eigenvalue weighted by Gasteiger charge is 2.32. The predicted molar refractivity (Wildman–Crippen MR) is 154 cm³/mol. The van der Waals surface area contributed by atoms with Gasteiger partial charge in [-0.1, -0.05) is 66.9 Å². The molecule has 0 aromatic heterocycles. The number of halogens is 1. The molecule has 0 spiro atoms. The number of carbonyl (C=O) groups is 2. The third-order valence-electron chi connectivity index (χ3n) is 7.23. The average molecular weight is 549 g/mol. The van der Waals surface area contributed by atoms with E-state index in [2.05, 4.69) is 5.32 Å². The van der Waals surface area contributed by atoms with Gasteiger partial charge in [0.1, 0.15) is 17.5 Å². The van der Waals surface area contributed by atoms with Crippen molar-refractivity contribution in [1.82, 2.24) is 10.2 Å². The number of amides is 2. The lowest BCUT2D eigenvalue weighted by Gasteiger charge is -2.32. The zero-order chi connectivity index (χ0) is 27.8. The summed E-state index contributed by atoms with van der Waals surface area (Å²) in [5.41, 5.74) is 3.61. The fraction of sp³-hybridized carbons (Fsp3) is 0.375. The summed E-state index contributed by atoms with van der Waals surface area (Å²) in [7, 11) is 1.61. The van der Waals surface area contributed by atoms with Crippen LogP contribution in [0.5, 0.6) is 11.5 Å². The number of benzene rings is 3. The van der Waals surface area contributed by atoms with Gasteiger partial charge in [0.25, 0.3) is 5.91 Å². The number of nitrogens with one attached hydrogen (secondary N) is 1. The third-order valence-corrected chi connectivity index (χ3v) is 7.83. The molecular weight excluding hydrogens is 512 g/mol. The molecule has 3 aromatic rings. The first kappa shape index (κ1) is 28.5. The van der Waals surface area contributed by atoms with Gasteiger partial charge in [-0.3, -0.25) is 9.59 Å². The molecule has 0 heterocycles. The predicted octanol–water partition coefficient (Wildman–Crippen LogP) is 6.04. The molecule has 2 amide bonds.